The minimum absolute atomic E-state index is 0.0105. The molecule has 4 rings (SSSR count). The van der Waals surface area contributed by atoms with E-state index in [1.807, 2.05) is 6.07 Å². The number of anilines is 1. The van der Waals surface area contributed by atoms with E-state index in [0.29, 0.717) is 34.2 Å². The molecule has 1 aromatic carbocycles. The Balaban J connectivity index is 1.53. The fraction of sp³-hybridized carbons (Fsp3) is 0.389. The van der Waals surface area contributed by atoms with E-state index in [1.54, 1.807) is 24.7 Å². The Labute approximate surface area is 155 Å². The Morgan fingerprint density at radius 3 is 2.93 bits per heavy atom. The number of morpholine rings is 1. The van der Waals surface area contributed by atoms with Crippen LogP contribution in [0, 0.1) is 10.1 Å². The molecule has 0 bridgehead atoms. The normalized spacial score (nSPS) is 15.3. The average Bonchev–Trinajstić information content (AvgIpc) is 2.70. The Bertz CT molecular complexity index is 974. The van der Waals surface area contributed by atoms with Crippen LogP contribution in [0.4, 0.5) is 11.6 Å². The van der Waals surface area contributed by atoms with Gasteiger partial charge in [0, 0.05) is 49.0 Å². The summed E-state index contributed by atoms with van der Waals surface area (Å²) in [7, 11) is 0. The number of aromatic nitrogens is 3. The van der Waals surface area contributed by atoms with Crippen LogP contribution in [-0.4, -0.2) is 64.2 Å². The number of fused-ring (bicyclic) bond motifs is 2. The fourth-order valence-corrected chi connectivity index (χ4v) is 3.32. The van der Waals surface area contributed by atoms with Gasteiger partial charge in [0.05, 0.1) is 23.5 Å². The van der Waals surface area contributed by atoms with Gasteiger partial charge in [-0.2, -0.15) is 0 Å². The Morgan fingerprint density at radius 1 is 1.26 bits per heavy atom. The summed E-state index contributed by atoms with van der Waals surface area (Å²) >= 11 is 0. The van der Waals surface area contributed by atoms with Crippen molar-refractivity contribution in [1.29, 1.82) is 0 Å². The zero-order valence-corrected chi connectivity index (χ0v) is 14.8. The first-order chi connectivity index (χ1) is 13.2. The van der Waals surface area contributed by atoms with E-state index in [0.717, 1.165) is 39.3 Å². The largest absolute Gasteiger partial charge is 0.379 e. The topological polar surface area (TPSA) is 106 Å². The fourth-order valence-electron chi connectivity index (χ4n) is 3.32. The molecule has 2 aromatic heterocycles. The first-order valence-electron chi connectivity index (χ1n) is 8.94. The number of nitrogens with zero attached hydrogens (tertiary/aromatic N) is 5. The predicted molar refractivity (Wildman–Crippen MR) is 102 cm³/mol. The molecular formula is C18H20N6O3. The van der Waals surface area contributed by atoms with Gasteiger partial charge in [-0.05, 0) is 25.1 Å². The van der Waals surface area contributed by atoms with Gasteiger partial charge in [-0.3, -0.25) is 20.0 Å². The van der Waals surface area contributed by atoms with Crippen LogP contribution in [0.2, 0.25) is 0 Å². The highest BCUT2D eigenvalue weighted by atomic mass is 16.6. The molecule has 27 heavy (non-hydrogen) atoms. The number of non-ortho nitro benzene ring substituents is 1. The number of nitro benzene ring substituents is 1. The molecule has 9 heteroatoms. The molecule has 1 aliphatic heterocycles. The number of hydrogen-bond donors (Lipinski definition) is 1. The maximum atomic E-state index is 11.7. The number of pyridine rings is 1. The van der Waals surface area contributed by atoms with Gasteiger partial charge in [0.15, 0.2) is 5.52 Å². The number of nitrogens with one attached hydrogen (secondary N) is 1. The number of benzene rings is 1. The molecule has 0 unspecified atom stereocenters. The lowest BCUT2D eigenvalue weighted by atomic mass is 10.1. The van der Waals surface area contributed by atoms with Crippen molar-refractivity contribution in [2.45, 2.75) is 6.42 Å². The molecule has 1 aliphatic rings. The lowest BCUT2D eigenvalue weighted by molar-refractivity contribution is -0.381. The monoisotopic (exact) mass is 368 g/mol. The number of ether oxygens (including phenoxy) is 1. The van der Waals surface area contributed by atoms with Crippen LogP contribution in [0.5, 0.6) is 0 Å². The molecule has 0 aliphatic carbocycles. The summed E-state index contributed by atoms with van der Waals surface area (Å²) in [5.41, 5.74) is 0.327. The van der Waals surface area contributed by atoms with Crippen molar-refractivity contribution in [1.82, 2.24) is 19.9 Å². The van der Waals surface area contributed by atoms with Gasteiger partial charge in [0.2, 0.25) is 5.95 Å². The van der Waals surface area contributed by atoms with Crippen molar-refractivity contribution in [2.24, 2.45) is 0 Å². The number of nitro groups is 1. The summed E-state index contributed by atoms with van der Waals surface area (Å²) in [6, 6.07) is 3.47. The molecule has 1 N–H and O–H groups in total. The minimum atomic E-state index is -0.389. The Kier molecular flexibility index (Phi) is 5.03. The Morgan fingerprint density at radius 2 is 2.11 bits per heavy atom. The van der Waals surface area contributed by atoms with Crippen molar-refractivity contribution in [3.8, 4) is 0 Å². The average molecular weight is 368 g/mol. The summed E-state index contributed by atoms with van der Waals surface area (Å²) in [5, 5.41) is 16.7. The molecule has 0 spiro atoms. The highest BCUT2D eigenvalue weighted by Crippen LogP contribution is 2.32. The van der Waals surface area contributed by atoms with Gasteiger partial charge < -0.3 is 10.1 Å². The third kappa shape index (κ3) is 3.79. The Hall–Kier alpha value is -2.91. The second-order valence-electron chi connectivity index (χ2n) is 6.44. The molecule has 0 radical (unpaired) electrons. The molecule has 3 aromatic rings. The third-order valence-corrected chi connectivity index (χ3v) is 4.68. The van der Waals surface area contributed by atoms with Crippen LogP contribution in [-0.2, 0) is 4.74 Å². The van der Waals surface area contributed by atoms with E-state index >= 15 is 0 Å². The maximum absolute atomic E-state index is 11.7. The van der Waals surface area contributed by atoms with E-state index in [1.165, 1.54) is 0 Å². The molecule has 0 amide bonds. The van der Waals surface area contributed by atoms with Crippen LogP contribution in [0.15, 0.2) is 30.7 Å². The summed E-state index contributed by atoms with van der Waals surface area (Å²) in [5.74, 6) is 0.404. The van der Waals surface area contributed by atoms with Crippen LogP contribution in [0.25, 0.3) is 21.7 Å². The van der Waals surface area contributed by atoms with Crippen LogP contribution in [0.3, 0.4) is 0 Å². The highest BCUT2D eigenvalue weighted by Gasteiger charge is 2.20. The quantitative estimate of drug-likeness (QED) is 0.305. The van der Waals surface area contributed by atoms with E-state index < -0.39 is 0 Å². The first-order valence-corrected chi connectivity index (χ1v) is 8.94. The molecule has 9 nitrogen and oxygen atoms in total. The van der Waals surface area contributed by atoms with Crippen molar-refractivity contribution in [3.63, 3.8) is 0 Å². The van der Waals surface area contributed by atoms with Gasteiger partial charge in [0.1, 0.15) is 0 Å². The molecule has 140 valence electrons. The zero-order chi connectivity index (χ0) is 18.6. The van der Waals surface area contributed by atoms with Gasteiger partial charge in [-0.15, -0.1) is 0 Å². The van der Waals surface area contributed by atoms with Crippen molar-refractivity contribution in [2.75, 3.05) is 44.7 Å². The number of rotatable bonds is 6. The van der Waals surface area contributed by atoms with E-state index in [4.69, 9.17) is 4.74 Å². The number of hydrogen-bond acceptors (Lipinski definition) is 8. The van der Waals surface area contributed by atoms with Gasteiger partial charge in [-0.1, -0.05) is 0 Å². The second kappa shape index (κ2) is 7.77. The van der Waals surface area contributed by atoms with E-state index in [9.17, 15) is 10.1 Å². The lowest BCUT2D eigenvalue weighted by Crippen LogP contribution is -2.37. The zero-order valence-electron chi connectivity index (χ0n) is 14.8. The van der Waals surface area contributed by atoms with E-state index in [-0.39, 0.29) is 10.6 Å². The summed E-state index contributed by atoms with van der Waals surface area (Å²) in [4.78, 5) is 26.4. The molecule has 0 saturated carbocycles. The van der Waals surface area contributed by atoms with Gasteiger partial charge in [0.25, 0.3) is 0 Å². The van der Waals surface area contributed by atoms with Crippen molar-refractivity contribution < 1.29 is 9.66 Å². The lowest BCUT2D eigenvalue weighted by Gasteiger charge is -2.26. The molecule has 1 saturated heterocycles. The third-order valence-electron chi connectivity index (χ3n) is 4.68. The van der Waals surface area contributed by atoms with Gasteiger partial charge >= 0.3 is 5.69 Å². The standard InChI is InChI=1S/C18H20N6O3/c25-24(26)17-15-2-4-19-11-13(15)10-14-12-21-18(22-16(14)17)20-3-1-5-23-6-8-27-9-7-23/h2,4,10-12H,1,3,5-9H2,(H,20,21,22). The van der Waals surface area contributed by atoms with Crippen LogP contribution < -0.4 is 5.32 Å². The maximum Gasteiger partial charge on any atom is 0.303 e. The van der Waals surface area contributed by atoms with Crippen molar-refractivity contribution in [3.05, 3.63) is 40.8 Å². The summed E-state index contributed by atoms with van der Waals surface area (Å²) in [6.45, 7) is 5.17. The molecule has 1 fully saturated rings. The first kappa shape index (κ1) is 17.5. The predicted octanol–water partition coefficient (Wildman–Crippen LogP) is 2.22. The second-order valence-corrected chi connectivity index (χ2v) is 6.44. The van der Waals surface area contributed by atoms with Crippen LogP contribution in [0.1, 0.15) is 6.42 Å². The molecule has 3 heterocycles. The van der Waals surface area contributed by atoms with E-state index in [2.05, 4.69) is 25.2 Å². The molecule has 0 atom stereocenters. The SMILES string of the molecule is O=[N+]([O-])c1c2ccncc2cc2cnc(NCCCN3CCOCC3)nc12. The molecular weight excluding hydrogens is 348 g/mol. The van der Waals surface area contributed by atoms with Crippen molar-refractivity contribution >= 4 is 33.3 Å². The highest BCUT2D eigenvalue weighted by molar-refractivity contribution is 6.06. The summed E-state index contributed by atoms with van der Waals surface area (Å²) < 4.78 is 5.34. The van der Waals surface area contributed by atoms with Crippen LogP contribution >= 0.6 is 0 Å². The smallest absolute Gasteiger partial charge is 0.303 e. The minimum Gasteiger partial charge on any atom is -0.379 e. The summed E-state index contributed by atoms with van der Waals surface area (Å²) in [6.07, 6.45) is 5.71. The van der Waals surface area contributed by atoms with Gasteiger partial charge in [-0.25, -0.2) is 9.97 Å².